The predicted molar refractivity (Wildman–Crippen MR) is 166 cm³/mol. The maximum Gasteiger partial charge on any atom is 0.0659 e. The molecule has 40 heavy (non-hydrogen) atoms. The summed E-state index contributed by atoms with van der Waals surface area (Å²) in [5.74, 6) is 1.05. The molecule has 1 saturated heterocycles. The number of fused-ring (bicyclic) bond motifs is 5. The van der Waals surface area contributed by atoms with Gasteiger partial charge in [-0.2, -0.15) is 0 Å². The first-order valence-electron chi connectivity index (χ1n) is 15.5. The third-order valence-electron chi connectivity index (χ3n) is 10.4. The van der Waals surface area contributed by atoms with E-state index in [9.17, 15) is 0 Å². The van der Waals surface area contributed by atoms with Crippen molar-refractivity contribution < 1.29 is 0 Å². The van der Waals surface area contributed by atoms with E-state index in [1.807, 2.05) is 6.20 Å². The Morgan fingerprint density at radius 1 is 0.950 bits per heavy atom. The van der Waals surface area contributed by atoms with E-state index < -0.39 is 0 Å². The molecule has 4 unspecified atom stereocenters. The molecule has 4 atom stereocenters. The Bertz CT molecular complexity index is 1520. The zero-order valence-corrected chi connectivity index (χ0v) is 23.9. The highest BCUT2D eigenvalue weighted by molar-refractivity contribution is 5.86. The molecule has 8 rings (SSSR count). The molecule has 0 saturated carbocycles. The number of rotatable bonds is 3. The minimum absolute atomic E-state index is 0.291. The number of piperidine rings is 1. The lowest BCUT2D eigenvalue weighted by Gasteiger charge is -2.38. The van der Waals surface area contributed by atoms with Crippen LogP contribution in [0.2, 0.25) is 0 Å². The molecule has 0 spiro atoms. The second-order valence-corrected chi connectivity index (χ2v) is 12.6. The van der Waals surface area contributed by atoms with Gasteiger partial charge in [-0.3, -0.25) is 4.99 Å². The third kappa shape index (κ3) is 3.72. The van der Waals surface area contributed by atoms with E-state index >= 15 is 0 Å². The number of anilines is 2. The summed E-state index contributed by atoms with van der Waals surface area (Å²) in [4.78, 5) is 9.82. The number of aliphatic imine (C=N–C) groups is 1. The van der Waals surface area contributed by atoms with Crippen molar-refractivity contribution in [3.05, 3.63) is 100 Å². The first-order chi connectivity index (χ1) is 19.7. The lowest BCUT2D eigenvalue weighted by atomic mass is 9.84. The fourth-order valence-electron chi connectivity index (χ4n) is 8.68. The van der Waals surface area contributed by atoms with E-state index in [0.29, 0.717) is 18.0 Å². The molecule has 4 heterocycles. The van der Waals surface area contributed by atoms with E-state index in [4.69, 9.17) is 0 Å². The van der Waals surface area contributed by atoms with Crippen molar-refractivity contribution in [1.82, 2.24) is 10.2 Å². The Balaban J connectivity index is 1.12. The molecular formula is C36H40N4. The summed E-state index contributed by atoms with van der Waals surface area (Å²) in [5.41, 5.74) is 14.8. The highest BCUT2D eigenvalue weighted by Crippen LogP contribution is 2.49. The summed E-state index contributed by atoms with van der Waals surface area (Å²) in [7, 11) is 0. The Morgan fingerprint density at radius 3 is 2.75 bits per heavy atom. The number of nitrogens with zero attached hydrogens (tertiary/aromatic N) is 3. The van der Waals surface area contributed by atoms with Crippen LogP contribution >= 0.6 is 0 Å². The summed E-state index contributed by atoms with van der Waals surface area (Å²) in [5, 5.41) is 3.70. The van der Waals surface area contributed by atoms with Crippen molar-refractivity contribution in [2.24, 2.45) is 10.9 Å². The average molecular weight is 529 g/mol. The molecule has 4 aliphatic heterocycles. The smallest absolute Gasteiger partial charge is 0.0659 e. The lowest BCUT2D eigenvalue weighted by molar-refractivity contribution is 0.228. The van der Waals surface area contributed by atoms with Gasteiger partial charge in [0.05, 0.1) is 6.04 Å². The molecule has 0 amide bonds. The van der Waals surface area contributed by atoms with Crippen LogP contribution in [0.4, 0.5) is 11.4 Å². The molecule has 1 N–H and O–H groups in total. The molecule has 0 radical (unpaired) electrons. The number of para-hydroxylation sites is 1. The highest BCUT2D eigenvalue weighted by Gasteiger charge is 2.43. The zero-order valence-electron chi connectivity index (χ0n) is 23.9. The van der Waals surface area contributed by atoms with Crippen LogP contribution in [0.25, 0.3) is 5.57 Å². The number of aryl methyl sites for hydroxylation is 1. The van der Waals surface area contributed by atoms with Crippen molar-refractivity contribution in [2.75, 3.05) is 18.0 Å². The van der Waals surface area contributed by atoms with Crippen LogP contribution in [0.1, 0.15) is 74.5 Å². The SMILES string of the molecule is CC1=C(c2ccc(N3c4ccccc4C4C=NC=CC43)cc2C)CCC(N2C3=C(CCCC3)C3CNCCC32)=C1. The van der Waals surface area contributed by atoms with Crippen molar-refractivity contribution in [3.8, 4) is 0 Å². The largest absolute Gasteiger partial charge is 0.345 e. The van der Waals surface area contributed by atoms with Gasteiger partial charge < -0.3 is 15.1 Å². The van der Waals surface area contributed by atoms with Crippen molar-refractivity contribution in [3.63, 3.8) is 0 Å². The topological polar surface area (TPSA) is 30.9 Å². The van der Waals surface area contributed by atoms with E-state index in [1.165, 1.54) is 77.9 Å². The summed E-state index contributed by atoms with van der Waals surface area (Å²) in [6.07, 6.45) is 17.7. The first kappa shape index (κ1) is 24.4. The van der Waals surface area contributed by atoms with Gasteiger partial charge in [0.15, 0.2) is 0 Å². The minimum Gasteiger partial charge on any atom is -0.345 e. The van der Waals surface area contributed by atoms with Gasteiger partial charge >= 0.3 is 0 Å². The zero-order chi connectivity index (χ0) is 26.8. The molecule has 6 aliphatic rings. The summed E-state index contributed by atoms with van der Waals surface area (Å²) >= 11 is 0. The molecule has 2 aromatic carbocycles. The quantitative estimate of drug-likeness (QED) is 0.441. The lowest BCUT2D eigenvalue weighted by Crippen LogP contribution is -2.44. The fraction of sp³-hybridized carbons (Fsp3) is 0.417. The first-order valence-corrected chi connectivity index (χ1v) is 15.5. The molecule has 2 aliphatic carbocycles. The second kappa shape index (κ2) is 9.62. The van der Waals surface area contributed by atoms with E-state index in [2.05, 4.69) is 94.8 Å². The van der Waals surface area contributed by atoms with Crippen LogP contribution in [0.5, 0.6) is 0 Å². The Morgan fingerprint density at radius 2 is 1.85 bits per heavy atom. The van der Waals surface area contributed by atoms with Crippen LogP contribution in [0.15, 0.2) is 88.3 Å². The summed E-state index contributed by atoms with van der Waals surface area (Å²) in [6.45, 7) is 6.98. The summed E-state index contributed by atoms with van der Waals surface area (Å²) in [6, 6.07) is 16.9. The maximum absolute atomic E-state index is 4.47. The number of hydrogen-bond acceptors (Lipinski definition) is 4. The standard InChI is InChI=1S/C36H40N4/c1-23-19-25(39-33-9-5-3-7-29(33)31-21-37-17-15-35(31)39)11-13-27(23)28-14-12-26(20-24(28)2)40-34-10-6-4-8-30(34)32-22-38-18-16-36(32)40/h3,5,7,9,11,13,15,17,19-21,31-32,35-36,38H,4,6,8,10,12,14,16,18,22H2,1-2H3. The second-order valence-electron chi connectivity index (χ2n) is 12.6. The molecule has 0 bridgehead atoms. The number of nitrogens with one attached hydrogen (secondary N) is 1. The van der Waals surface area contributed by atoms with Crippen LogP contribution in [0, 0.1) is 12.8 Å². The van der Waals surface area contributed by atoms with Gasteiger partial charge in [-0.15, -0.1) is 0 Å². The highest BCUT2D eigenvalue weighted by atomic mass is 15.2. The molecule has 4 heteroatoms. The van der Waals surface area contributed by atoms with Gasteiger partial charge in [0, 0.05) is 59.6 Å². The van der Waals surface area contributed by atoms with Crippen LogP contribution in [-0.2, 0) is 0 Å². The monoisotopic (exact) mass is 528 g/mol. The van der Waals surface area contributed by atoms with Gasteiger partial charge in [-0.1, -0.05) is 24.3 Å². The van der Waals surface area contributed by atoms with E-state index in [0.717, 1.165) is 25.3 Å². The van der Waals surface area contributed by atoms with Crippen LogP contribution in [-0.4, -0.2) is 36.3 Å². The van der Waals surface area contributed by atoms with Gasteiger partial charge in [0.2, 0.25) is 0 Å². The maximum atomic E-state index is 4.47. The molecule has 1 fully saturated rings. The minimum atomic E-state index is 0.291. The Hall–Kier alpha value is -3.37. The van der Waals surface area contributed by atoms with Gasteiger partial charge in [0.1, 0.15) is 0 Å². The Kier molecular flexibility index (Phi) is 5.88. The number of allylic oxidation sites excluding steroid dienone is 5. The number of benzene rings is 2. The van der Waals surface area contributed by atoms with Crippen molar-refractivity contribution in [1.29, 1.82) is 0 Å². The Labute approximate surface area is 238 Å². The normalized spacial score (nSPS) is 28.9. The average Bonchev–Trinajstić information content (AvgIpc) is 3.51. The van der Waals surface area contributed by atoms with Gasteiger partial charge in [-0.05, 0) is 129 Å². The van der Waals surface area contributed by atoms with Crippen LogP contribution < -0.4 is 10.2 Å². The van der Waals surface area contributed by atoms with E-state index in [-0.39, 0.29) is 0 Å². The summed E-state index contributed by atoms with van der Waals surface area (Å²) < 4.78 is 0. The van der Waals surface area contributed by atoms with E-state index in [1.54, 1.807) is 17.0 Å². The van der Waals surface area contributed by atoms with Crippen molar-refractivity contribution >= 4 is 23.2 Å². The van der Waals surface area contributed by atoms with Crippen molar-refractivity contribution in [2.45, 2.75) is 76.8 Å². The molecule has 204 valence electrons. The predicted octanol–water partition coefficient (Wildman–Crippen LogP) is 7.77. The fourth-order valence-corrected chi connectivity index (χ4v) is 8.68. The third-order valence-corrected chi connectivity index (χ3v) is 10.4. The van der Waals surface area contributed by atoms with Crippen LogP contribution in [0.3, 0.4) is 0 Å². The molecule has 0 aromatic heterocycles. The molecule has 2 aromatic rings. The van der Waals surface area contributed by atoms with Gasteiger partial charge in [-0.25, -0.2) is 0 Å². The number of hydrogen-bond donors (Lipinski definition) is 1. The molecular weight excluding hydrogens is 488 g/mol. The van der Waals surface area contributed by atoms with Gasteiger partial charge in [0.25, 0.3) is 0 Å². The molecule has 4 nitrogen and oxygen atoms in total.